The Morgan fingerprint density at radius 3 is 2.60 bits per heavy atom. The first-order valence-electron chi connectivity index (χ1n) is 6.82. The highest BCUT2D eigenvalue weighted by atomic mass is 16.3. The minimum atomic E-state index is 0.0837. The van der Waals surface area contributed by atoms with E-state index in [9.17, 15) is 10.2 Å². The third-order valence-electron chi connectivity index (χ3n) is 3.68. The number of aryl methyl sites for hydroxylation is 1. The summed E-state index contributed by atoms with van der Waals surface area (Å²) in [6, 6.07) is 4.74. The van der Waals surface area contributed by atoms with Crippen molar-refractivity contribution in [3.63, 3.8) is 0 Å². The van der Waals surface area contributed by atoms with Gasteiger partial charge in [0.25, 0.3) is 0 Å². The lowest BCUT2D eigenvalue weighted by Gasteiger charge is -2.18. The summed E-state index contributed by atoms with van der Waals surface area (Å²) in [4.78, 5) is 8.60. The van der Waals surface area contributed by atoms with Gasteiger partial charge in [-0.05, 0) is 37.8 Å². The quantitative estimate of drug-likeness (QED) is 0.799. The topological polar surface area (TPSA) is 78.3 Å². The lowest BCUT2D eigenvalue weighted by molar-refractivity contribution is 0.440. The van der Waals surface area contributed by atoms with E-state index in [2.05, 4.69) is 15.3 Å². The van der Waals surface area contributed by atoms with Gasteiger partial charge in [-0.1, -0.05) is 6.07 Å². The molecule has 0 aliphatic heterocycles. The first-order valence-corrected chi connectivity index (χ1v) is 6.82. The molecule has 0 amide bonds. The Balaban J connectivity index is 1.82. The average Bonchev–Trinajstić information content (AvgIpc) is 2.47. The van der Waals surface area contributed by atoms with Crippen LogP contribution in [0.1, 0.15) is 29.7 Å². The number of aromatic nitrogens is 2. The van der Waals surface area contributed by atoms with E-state index < -0.39 is 0 Å². The molecule has 0 spiro atoms. The number of hydrogen-bond donors (Lipinski definition) is 3. The first-order chi connectivity index (χ1) is 9.75. The van der Waals surface area contributed by atoms with Gasteiger partial charge < -0.3 is 15.5 Å². The highest BCUT2D eigenvalue weighted by Gasteiger charge is 2.16. The summed E-state index contributed by atoms with van der Waals surface area (Å²) < 4.78 is 0. The van der Waals surface area contributed by atoms with Crippen LogP contribution < -0.4 is 5.32 Å². The molecule has 20 heavy (non-hydrogen) atoms. The highest BCUT2D eigenvalue weighted by molar-refractivity contribution is 5.50. The summed E-state index contributed by atoms with van der Waals surface area (Å²) in [6.45, 7) is 0.335. The van der Waals surface area contributed by atoms with Crippen LogP contribution in [0.4, 0.5) is 5.82 Å². The fourth-order valence-electron chi connectivity index (χ4n) is 2.59. The summed E-state index contributed by atoms with van der Waals surface area (Å²) in [5.74, 6) is 0.971. The second kappa shape index (κ2) is 5.36. The van der Waals surface area contributed by atoms with Crippen LogP contribution in [0, 0.1) is 0 Å². The molecular weight excluding hydrogens is 254 g/mol. The second-order valence-corrected chi connectivity index (χ2v) is 4.98. The van der Waals surface area contributed by atoms with Crippen LogP contribution in [-0.2, 0) is 19.4 Å². The van der Waals surface area contributed by atoms with Gasteiger partial charge in [0, 0.05) is 17.8 Å². The fraction of sp³-hybridized carbons (Fsp3) is 0.333. The summed E-state index contributed by atoms with van der Waals surface area (Å²) in [7, 11) is 0. The monoisotopic (exact) mass is 271 g/mol. The van der Waals surface area contributed by atoms with Crippen LogP contribution in [0.25, 0.3) is 0 Å². The fourth-order valence-corrected chi connectivity index (χ4v) is 2.59. The molecule has 1 heterocycles. The van der Waals surface area contributed by atoms with E-state index in [0.29, 0.717) is 12.1 Å². The zero-order chi connectivity index (χ0) is 13.9. The largest absolute Gasteiger partial charge is 0.507 e. The number of aromatic hydroxyl groups is 2. The van der Waals surface area contributed by atoms with Crippen molar-refractivity contribution >= 4 is 5.82 Å². The van der Waals surface area contributed by atoms with Crippen LogP contribution in [0.3, 0.4) is 0 Å². The van der Waals surface area contributed by atoms with Gasteiger partial charge in [-0.2, -0.15) is 0 Å². The minimum absolute atomic E-state index is 0.0837. The second-order valence-electron chi connectivity index (χ2n) is 4.98. The zero-order valence-corrected chi connectivity index (χ0v) is 11.1. The van der Waals surface area contributed by atoms with Gasteiger partial charge in [-0.3, -0.25) is 0 Å². The van der Waals surface area contributed by atoms with Crippen LogP contribution in [0.2, 0.25) is 0 Å². The zero-order valence-electron chi connectivity index (χ0n) is 11.1. The Morgan fingerprint density at radius 2 is 1.80 bits per heavy atom. The van der Waals surface area contributed by atoms with Crippen LogP contribution in [0.15, 0.2) is 24.5 Å². The van der Waals surface area contributed by atoms with Gasteiger partial charge >= 0.3 is 0 Å². The number of phenols is 2. The number of nitrogens with zero attached hydrogens (tertiary/aromatic N) is 2. The van der Waals surface area contributed by atoms with E-state index in [1.165, 1.54) is 6.42 Å². The average molecular weight is 271 g/mol. The number of fused-ring (bicyclic) bond motifs is 1. The molecule has 5 heteroatoms. The van der Waals surface area contributed by atoms with E-state index in [-0.39, 0.29) is 11.5 Å². The Kier molecular flexibility index (Phi) is 3.41. The molecule has 0 radical (unpaired) electrons. The maximum Gasteiger partial charge on any atom is 0.133 e. The van der Waals surface area contributed by atoms with Crippen molar-refractivity contribution in [3.05, 3.63) is 41.3 Å². The summed E-state index contributed by atoms with van der Waals surface area (Å²) in [5, 5.41) is 22.7. The summed E-state index contributed by atoms with van der Waals surface area (Å²) in [6.07, 6.45) is 5.86. The van der Waals surface area contributed by atoms with Gasteiger partial charge in [0.2, 0.25) is 0 Å². The molecule has 1 aliphatic rings. The normalized spacial score (nSPS) is 13.8. The third kappa shape index (κ3) is 2.39. The van der Waals surface area contributed by atoms with Crippen LogP contribution in [0.5, 0.6) is 11.5 Å². The van der Waals surface area contributed by atoms with Crippen molar-refractivity contribution in [2.24, 2.45) is 0 Å². The van der Waals surface area contributed by atoms with Crippen molar-refractivity contribution in [1.82, 2.24) is 9.97 Å². The van der Waals surface area contributed by atoms with E-state index in [1.54, 1.807) is 24.5 Å². The maximum absolute atomic E-state index is 9.78. The molecule has 1 aromatic heterocycles. The van der Waals surface area contributed by atoms with E-state index in [4.69, 9.17) is 0 Å². The molecule has 104 valence electrons. The molecule has 3 N–H and O–H groups in total. The van der Waals surface area contributed by atoms with Crippen LogP contribution in [-0.4, -0.2) is 20.2 Å². The molecule has 3 rings (SSSR count). The van der Waals surface area contributed by atoms with Crippen LogP contribution >= 0.6 is 0 Å². The molecule has 2 aromatic rings. The highest BCUT2D eigenvalue weighted by Crippen LogP contribution is 2.29. The van der Waals surface area contributed by atoms with Crippen molar-refractivity contribution in [1.29, 1.82) is 0 Å². The maximum atomic E-state index is 9.78. The smallest absolute Gasteiger partial charge is 0.133 e. The van der Waals surface area contributed by atoms with Gasteiger partial charge in [0.15, 0.2) is 0 Å². The molecule has 0 saturated heterocycles. The van der Waals surface area contributed by atoms with E-state index in [0.717, 1.165) is 36.3 Å². The molecule has 5 nitrogen and oxygen atoms in total. The SMILES string of the molecule is Oc1cccc(O)c1CNc1ncnc2c1CCCC2. The van der Waals surface area contributed by atoms with Gasteiger partial charge in [0.05, 0.1) is 5.56 Å². The molecule has 1 aromatic carbocycles. The predicted molar refractivity (Wildman–Crippen MR) is 75.8 cm³/mol. The summed E-state index contributed by atoms with van der Waals surface area (Å²) >= 11 is 0. The van der Waals surface area contributed by atoms with Gasteiger partial charge in [0.1, 0.15) is 23.6 Å². The number of hydrogen-bond acceptors (Lipinski definition) is 5. The Hall–Kier alpha value is -2.30. The van der Waals surface area contributed by atoms with E-state index >= 15 is 0 Å². The molecule has 0 unspecified atom stereocenters. The number of anilines is 1. The minimum Gasteiger partial charge on any atom is -0.507 e. The Labute approximate surface area is 117 Å². The predicted octanol–water partition coefficient (Wildman–Crippen LogP) is 2.38. The van der Waals surface area contributed by atoms with E-state index in [1.807, 2.05) is 0 Å². The third-order valence-corrected chi connectivity index (χ3v) is 3.68. The Morgan fingerprint density at radius 1 is 1.05 bits per heavy atom. The summed E-state index contributed by atoms with van der Waals surface area (Å²) in [5.41, 5.74) is 2.75. The Bertz CT molecular complexity index is 608. The van der Waals surface area contributed by atoms with Gasteiger partial charge in [-0.25, -0.2) is 9.97 Å². The number of phenolic OH excluding ortho intramolecular Hbond substituents is 2. The van der Waals surface area contributed by atoms with Crippen molar-refractivity contribution in [3.8, 4) is 11.5 Å². The molecule has 1 aliphatic carbocycles. The number of rotatable bonds is 3. The standard InChI is InChI=1S/C15H17N3O2/c19-13-6-3-7-14(20)11(13)8-16-15-10-4-1-2-5-12(10)17-9-18-15/h3,6-7,9,19-20H,1-2,4-5,8H2,(H,16,17,18). The van der Waals surface area contributed by atoms with Crippen molar-refractivity contribution in [2.45, 2.75) is 32.2 Å². The number of benzene rings is 1. The van der Waals surface area contributed by atoms with Crippen molar-refractivity contribution in [2.75, 3.05) is 5.32 Å². The lowest BCUT2D eigenvalue weighted by atomic mass is 9.96. The number of nitrogens with one attached hydrogen (secondary N) is 1. The first kappa shape index (κ1) is 12.7. The van der Waals surface area contributed by atoms with Crippen molar-refractivity contribution < 1.29 is 10.2 Å². The molecule has 0 fully saturated rings. The molecular formula is C15H17N3O2. The molecule has 0 bridgehead atoms. The van der Waals surface area contributed by atoms with Gasteiger partial charge in [-0.15, -0.1) is 0 Å². The molecule has 0 atom stereocenters. The lowest BCUT2D eigenvalue weighted by Crippen LogP contribution is -2.12. The molecule has 0 saturated carbocycles.